The van der Waals surface area contributed by atoms with Crippen molar-refractivity contribution in [3.05, 3.63) is 71.2 Å². The summed E-state index contributed by atoms with van der Waals surface area (Å²) in [6, 6.07) is 16.3. The number of nitriles is 1. The van der Waals surface area contributed by atoms with Crippen LogP contribution < -0.4 is 4.90 Å². The van der Waals surface area contributed by atoms with Crippen molar-refractivity contribution in [1.29, 1.82) is 5.26 Å². The zero-order chi connectivity index (χ0) is 26.6. The maximum absolute atomic E-state index is 11.6. The van der Waals surface area contributed by atoms with E-state index in [2.05, 4.69) is 21.7 Å². The molecule has 0 aromatic heterocycles. The highest BCUT2D eigenvalue weighted by Gasteiger charge is 2.10. The van der Waals surface area contributed by atoms with Crippen LogP contribution in [0.25, 0.3) is 6.08 Å². The van der Waals surface area contributed by atoms with Gasteiger partial charge in [-0.25, -0.2) is 13.2 Å². The Morgan fingerprint density at radius 1 is 1.03 bits per heavy atom. The topological polar surface area (TPSA) is 112 Å². The van der Waals surface area contributed by atoms with Crippen LogP contribution in [-0.4, -0.2) is 40.8 Å². The van der Waals surface area contributed by atoms with Crippen molar-refractivity contribution in [2.24, 2.45) is 10.2 Å². The number of benzene rings is 2. The summed E-state index contributed by atoms with van der Waals surface area (Å²) >= 11 is 0. The second kappa shape index (κ2) is 14.0. The maximum atomic E-state index is 11.6. The number of hydrogen-bond acceptors (Lipinski definition) is 8. The van der Waals surface area contributed by atoms with Crippen LogP contribution in [0.2, 0.25) is 0 Å². The summed E-state index contributed by atoms with van der Waals surface area (Å²) in [5.74, 6) is -0.329. The third kappa shape index (κ3) is 9.84. The Balaban J connectivity index is 1.80. The largest absolute Gasteiger partial charge is 0.462 e. The lowest BCUT2D eigenvalue weighted by Gasteiger charge is -2.19. The molecule has 0 bridgehead atoms. The summed E-state index contributed by atoms with van der Waals surface area (Å²) in [5.41, 5.74) is 3.43. The molecular weight excluding hydrogens is 476 g/mol. The number of hydrogen-bond donors (Lipinski definition) is 0. The second-order valence-corrected chi connectivity index (χ2v) is 10.4. The molecule has 0 fully saturated rings. The molecule has 190 valence electrons. The minimum absolute atomic E-state index is 0.288. The van der Waals surface area contributed by atoms with Gasteiger partial charge in [-0.05, 0) is 74.2 Å². The molecule has 0 N–H and O–H groups in total. The van der Waals surface area contributed by atoms with Gasteiger partial charge in [-0.15, -0.1) is 0 Å². The summed E-state index contributed by atoms with van der Waals surface area (Å²) < 4.78 is 28.2. The van der Waals surface area contributed by atoms with Crippen molar-refractivity contribution in [3.8, 4) is 6.07 Å². The highest BCUT2D eigenvalue weighted by Crippen LogP contribution is 2.23. The average Bonchev–Trinajstić information content (AvgIpc) is 2.85. The first kappa shape index (κ1) is 28.5. The lowest BCUT2D eigenvalue weighted by atomic mass is 10.2. The molecule has 0 saturated heterocycles. The number of azo groups is 1. The quantitative estimate of drug-likeness (QED) is 0.106. The standard InChI is InChI=1S/C27H32N4O4S/c1-21(2)27(32)35-18-8-6-5-7-17-31(3)25-15-13-24(14-16-25)30-29-23-11-9-22(10-12-23)19-26(20-28)36(4,33)34/h9-16,19H,1,5-8,17-18H2,2-4H3/b26-19+,30-29?. The van der Waals surface area contributed by atoms with Gasteiger partial charge < -0.3 is 9.64 Å². The number of allylic oxidation sites excluding steroid dienone is 1. The minimum atomic E-state index is -3.56. The Morgan fingerprint density at radius 2 is 1.58 bits per heavy atom. The first-order valence-electron chi connectivity index (χ1n) is 11.6. The lowest BCUT2D eigenvalue weighted by Crippen LogP contribution is -2.18. The van der Waals surface area contributed by atoms with Crippen molar-refractivity contribution in [3.63, 3.8) is 0 Å². The molecule has 0 aliphatic carbocycles. The number of carbonyl (C=O) groups is 1. The van der Waals surface area contributed by atoms with Gasteiger partial charge in [-0.3, -0.25) is 0 Å². The van der Waals surface area contributed by atoms with Crippen LogP contribution in [-0.2, 0) is 19.4 Å². The summed E-state index contributed by atoms with van der Waals surface area (Å²) in [6.07, 6.45) is 6.28. The van der Waals surface area contributed by atoms with Gasteiger partial charge in [0.2, 0.25) is 0 Å². The summed E-state index contributed by atoms with van der Waals surface area (Å²) in [4.78, 5) is 13.2. The number of rotatable bonds is 13. The smallest absolute Gasteiger partial charge is 0.333 e. The molecular formula is C27H32N4O4S. The van der Waals surface area contributed by atoms with E-state index in [1.807, 2.05) is 31.3 Å². The molecule has 2 rings (SSSR count). The normalized spacial score (nSPS) is 11.8. The van der Waals surface area contributed by atoms with Gasteiger partial charge in [-0.2, -0.15) is 15.5 Å². The number of sulfone groups is 1. The van der Waals surface area contributed by atoms with E-state index in [1.165, 1.54) is 6.08 Å². The van der Waals surface area contributed by atoms with Crippen LogP contribution in [0.5, 0.6) is 0 Å². The van der Waals surface area contributed by atoms with Crippen molar-refractivity contribution in [1.82, 2.24) is 0 Å². The molecule has 0 amide bonds. The van der Waals surface area contributed by atoms with Crippen molar-refractivity contribution < 1.29 is 17.9 Å². The number of nitrogens with zero attached hydrogens (tertiary/aromatic N) is 4. The van der Waals surface area contributed by atoms with Crippen LogP contribution in [0, 0.1) is 11.3 Å². The maximum Gasteiger partial charge on any atom is 0.333 e. The third-order valence-electron chi connectivity index (χ3n) is 5.24. The fourth-order valence-electron chi connectivity index (χ4n) is 3.12. The van der Waals surface area contributed by atoms with E-state index in [9.17, 15) is 13.2 Å². The van der Waals surface area contributed by atoms with Crippen molar-refractivity contribution in [2.75, 3.05) is 31.4 Å². The Hall–Kier alpha value is -3.77. The Kier molecular flexibility index (Phi) is 11.0. The highest BCUT2D eigenvalue weighted by atomic mass is 32.2. The summed E-state index contributed by atoms with van der Waals surface area (Å²) in [7, 11) is -1.51. The molecule has 0 radical (unpaired) electrons. The third-order valence-corrected chi connectivity index (χ3v) is 6.25. The van der Waals surface area contributed by atoms with Crippen LogP contribution in [0.4, 0.5) is 17.1 Å². The molecule has 0 aliphatic heterocycles. The number of anilines is 1. The number of carbonyl (C=O) groups excluding carboxylic acids is 1. The number of unbranched alkanes of at least 4 members (excludes halogenated alkanes) is 3. The van der Waals surface area contributed by atoms with Crippen LogP contribution in [0.3, 0.4) is 0 Å². The van der Waals surface area contributed by atoms with Gasteiger partial charge in [0.15, 0.2) is 9.84 Å². The lowest BCUT2D eigenvalue weighted by molar-refractivity contribution is -0.139. The molecule has 2 aromatic carbocycles. The van der Waals surface area contributed by atoms with E-state index in [0.717, 1.165) is 44.2 Å². The van der Waals surface area contributed by atoms with Crippen molar-refractivity contribution in [2.45, 2.75) is 32.6 Å². The monoisotopic (exact) mass is 508 g/mol. The zero-order valence-corrected chi connectivity index (χ0v) is 21.8. The average molecular weight is 509 g/mol. The second-order valence-electron chi connectivity index (χ2n) is 8.45. The van der Waals surface area contributed by atoms with Crippen LogP contribution in [0.1, 0.15) is 38.2 Å². The van der Waals surface area contributed by atoms with Gasteiger partial charge in [0, 0.05) is 31.1 Å². The summed E-state index contributed by atoms with van der Waals surface area (Å²) in [6.45, 7) is 6.56. The fraction of sp³-hybridized carbons (Fsp3) is 0.333. The Labute approximate surface area is 213 Å². The molecule has 2 aromatic rings. The molecule has 0 spiro atoms. The predicted molar refractivity (Wildman–Crippen MR) is 143 cm³/mol. The molecule has 9 heteroatoms. The molecule has 0 heterocycles. The van der Waals surface area contributed by atoms with Gasteiger partial charge in [0.05, 0.1) is 18.0 Å². The predicted octanol–water partition coefficient (Wildman–Crippen LogP) is 6.13. The van der Waals surface area contributed by atoms with E-state index in [0.29, 0.717) is 29.1 Å². The minimum Gasteiger partial charge on any atom is -0.462 e. The number of esters is 1. The van der Waals surface area contributed by atoms with Crippen LogP contribution >= 0.6 is 0 Å². The number of ether oxygens (including phenoxy) is 1. The molecule has 36 heavy (non-hydrogen) atoms. The summed E-state index contributed by atoms with van der Waals surface area (Å²) in [5, 5.41) is 17.5. The molecule has 0 saturated carbocycles. The Morgan fingerprint density at radius 3 is 2.11 bits per heavy atom. The van der Waals surface area contributed by atoms with Gasteiger partial charge in [-0.1, -0.05) is 25.1 Å². The Bertz CT molecular complexity index is 1240. The molecule has 0 unspecified atom stereocenters. The SMILES string of the molecule is C=C(C)C(=O)OCCCCCCN(C)c1ccc(N=Nc2ccc(/C=C(\C#N)S(C)(=O)=O)cc2)cc1. The van der Waals surface area contributed by atoms with Gasteiger partial charge in [0.1, 0.15) is 11.0 Å². The van der Waals surface area contributed by atoms with Crippen molar-refractivity contribution >= 4 is 38.9 Å². The molecule has 0 atom stereocenters. The van der Waals surface area contributed by atoms with Crippen LogP contribution in [0.15, 0.2) is 75.8 Å². The fourth-order valence-corrected chi connectivity index (χ4v) is 3.64. The first-order chi connectivity index (χ1) is 17.1. The van der Waals surface area contributed by atoms with E-state index < -0.39 is 9.84 Å². The van der Waals surface area contributed by atoms with E-state index in [4.69, 9.17) is 10.00 Å². The van der Waals surface area contributed by atoms with Gasteiger partial charge in [0.25, 0.3) is 0 Å². The zero-order valence-electron chi connectivity index (χ0n) is 21.0. The van der Waals surface area contributed by atoms with E-state index in [1.54, 1.807) is 37.3 Å². The molecule has 8 nitrogen and oxygen atoms in total. The first-order valence-corrected chi connectivity index (χ1v) is 13.5. The van der Waals surface area contributed by atoms with Gasteiger partial charge >= 0.3 is 5.97 Å². The van der Waals surface area contributed by atoms with E-state index in [-0.39, 0.29) is 10.9 Å². The highest BCUT2D eigenvalue weighted by molar-refractivity contribution is 7.95. The van der Waals surface area contributed by atoms with E-state index >= 15 is 0 Å². The molecule has 0 aliphatic rings.